The molecule has 0 aromatic heterocycles. The first-order valence-electron chi connectivity index (χ1n) is 4.48. The molecule has 16 heavy (non-hydrogen) atoms. The quantitative estimate of drug-likeness (QED) is 0.630. The molecule has 0 radical (unpaired) electrons. The van der Waals surface area contributed by atoms with Gasteiger partial charge >= 0.3 is 5.97 Å². The van der Waals surface area contributed by atoms with E-state index in [1.54, 1.807) is 0 Å². The van der Waals surface area contributed by atoms with Gasteiger partial charge in [-0.2, -0.15) is 0 Å². The fourth-order valence-electron chi connectivity index (χ4n) is 0.945. The molecule has 0 atom stereocenters. The van der Waals surface area contributed by atoms with Crippen LogP contribution in [0.4, 0.5) is 0 Å². The summed E-state index contributed by atoms with van der Waals surface area (Å²) < 4.78 is 10.7. The van der Waals surface area contributed by atoms with Gasteiger partial charge in [-0.05, 0) is 29.3 Å². The van der Waals surface area contributed by atoms with Gasteiger partial charge in [-0.25, -0.2) is 0 Å². The number of rotatable bonds is 4. The normalized spacial score (nSPS) is 11.1. The van der Waals surface area contributed by atoms with Crippen LogP contribution in [0, 0.1) is 0 Å². The summed E-state index contributed by atoms with van der Waals surface area (Å²) in [7, 11) is 0. The Hall–Kier alpha value is -1.000. The molecule has 0 aliphatic heterocycles. The largest absolute Gasteiger partial charge is 0.492 e. The third-order valence-corrected chi connectivity index (χ3v) is 2.28. The number of ether oxygens (including phenoxy) is 2. The zero-order valence-electron chi connectivity index (χ0n) is 8.57. The maximum atomic E-state index is 10.5. The molecule has 0 aliphatic rings. The average Bonchev–Trinajstić information content (AvgIpc) is 2.20. The Labute approximate surface area is 107 Å². The molecule has 1 aromatic rings. The predicted molar refractivity (Wildman–Crippen MR) is 64.6 cm³/mol. The summed E-state index contributed by atoms with van der Waals surface area (Å²) in [6.07, 6.45) is 1.20. The van der Waals surface area contributed by atoms with Crippen LogP contribution in [0.25, 0.3) is 0 Å². The van der Waals surface area contributed by atoms with Crippen LogP contribution in [0.15, 0.2) is 40.2 Å². The molecule has 0 bridgehead atoms. The number of hydrogen-bond donors (Lipinski definition) is 0. The maximum Gasteiger partial charge on any atom is 0.308 e. The van der Waals surface area contributed by atoms with Crippen LogP contribution in [-0.2, 0) is 20.9 Å². The molecule has 0 unspecified atom stereocenters. The van der Waals surface area contributed by atoms with Gasteiger partial charge in [0.2, 0.25) is 5.22 Å². The van der Waals surface area contributed by atoms with E-state index in [2.05, 4.69) is 20.7 Å². The van der Waals surface area contributed by atoms with Crippen molar-refractivity contribution in [2.75, 3.05) is 0 Å². The fourth-order valence-corrected chi connectivity index (χ4v) is 1.38. The summed E-state index contributed by atoms with van der Waals surface area (Å²) >= 11 is 8.89. The maximum absolute atomic E-state index is 10.5. The van der Waals surface area contributed by atoms with E-state index in [1.165, 1.54) is 13.2 Å². The topological polar surface area (TPSA) is 35.5 Å². The Morgan fingerprint density at radius 2 is 2.06 bits per heavy atom. The van der Waals surface area contributed by atoms with Crippen molar-refractivity contribution in [3.05, 3.63) is 45.8 Å². The van der Waals surface area contributed by atoms with Crippen LogP contribution in [0.1, 0.15) is 12.5 Å². The highest BCUT2D eigenvalue weighted by atomic mass is 79.9. The predicted octanol–water partition coefficient (Wildman–Crippen LogP) is 3.57. The van der Waals surface area contributed by atoms with Crippen LogP contribution in [0.3, 0.4) is 0 Å². The SMILES string of the molecule is CC(=O)O/C(Cl)=C\OCc1ccc(Br)cc1. The molecule has 0 amide bonds. The summed E-state index contributed by atoms with van der Waals surface area (Å²) in [6, 6.07) is 7.65. The van der Waals surface area contributed by atoms with Gasteiger partial charge in [0.1, 0.15) is 12.9 Å². The number of hydrogen-bond acceptors (Lipinski definition) is 3. The van der Waals surface area contributed by atoms with Crippen molar-refractivity contribution in [1.29, 1.82) is 0 Å². The highest BCUT2D eigenvalue weighted by Gasteiger charge is 1.98. The van der Waals surface area contributed by atoms with Gasteiger partial charge in [-0.1, -0.05) is 28.1 Å². The van der Waals surface area contributed by atoms with Crippen molar-refractivity contribution < 1.29 is 14.3 Å². The second kappa shape index (κ2) is 6.55. The van der Waals surface area contributed by atoms with Crippen LogP contribution < -0.4 is 0 Å². The first-order valence-corrected chi connectivity index (χ1v) is 5.65. The van der Waals surface area contributed by atoms with E-state index in [-0.39, 0.29) is 5.22 Å². The van der Waals surface area contributed by atoms with Gasteiger partial charge in [0.15, 0.2) is 0 Å². The lowest BCUT2D eigenvalue weighted by molar-refractivity contribution is -0.136. The molecule has 5 heteroatoms. The molecule has 0 fully saturated rings. The number of carbonyl (C=O) groups excluding carboxylic acids is 1. The Balaban J connectivity index is 2.40. The van der Waals surface area contributed by atoms with Crippen molar-refractivity contribution in [2.45, 2.75) is 13.5 Å². The Morgan fingerprint density at radius 3 is 2.62 bits per heavy atom. The lowest BCUT2D eigenvalue weighted by atomic mass is 10.2. The molecule has 1 aromatic carbocycles. The number of esters is 1. The summed E-state index contributed by atoms with van der Waals surface area (Å²) in [5, 5.41) is -0.0791. The van der Waals surface area contributed by atoms with Crippen molar-refractivity contribution >= 4 is 33.5 Å². The second-order valence-electron chi connectivity index (χ2n) is 2.95. The first kappa shape index (κ1) is 13.1. The van der Waals surface area contributed by atoms with Crippen LogP contribution >= 0.6 is 27.5 Å². The van der Waals surface area contributed by atoms with E-state index in [4.69, 9.17) is 16.3 Å². The summed E-state index contributed by atoms with van der Waals surface area (Å²) in [5.41, 5.74) is 0.992. The van der Waals surface area contributed by atoms with Crippen molar-refractivity contribution in [2.24, 2.45) is 0 Å². The molecule has 1 rings (SSSR count). The molecule has 0 saturated carbocycles. The van der Waals surface area contributed by atoms with Gasteiger partial charge in [0.25, 0.3) is 0 Å². The smallest absolute Gasteiger partial charge is 0.308 e. The Bertz CT molecular complexity index is 387. The van der Waals surface area contributed by atoms with E-state index < -0.39 is 5.97 Å². The highest BCUT2D eigenvalue weighted by molar-refractivity contribution is 9.10. The van der Waals surface area contributed by atoms with Crippen molar-refractivity contribution in [3.63, 3.8) is 0 Å². The van der Waals surface area contributed by atoms with Crippen LogP contribution in [0.2, 0.25) is 0 Å². The Kier molecular flexibility index (Phi) is 5.35. The Morgan fingerprint density at radius 1 is 1.44 bits per heavy atom. The molecule has 0 N–H and O–H groups in total. The van der Waals surface area contributed by atoms with Gasteiger partial charge in [-0.3, -0.25) is 4.79 Å². The molecular formula is C11H10BrClO3. The lowest BCUT2D eigenvalue weighted by Gasteiger charge is -2.02. The number of benzene rings is 1. The molecule has 0 aliphatic carbocycles. The monoisotopic (exact) mass is 304 g/mol. The van der Waals surface area contributed by atoms with Gasteiger partial charge in [0, 0.05) is 11.4 Å². The third-order valence-electron chi connectivity index (χ3n) is 1.58. The number of carbonyl (C=O) groups is 1. The van der Waals surface area contributed by atoms with E-state index in [1.807, 2.05) is 24.3 Å². The molecule has 0 heterocycles. The second-order valence-corrected chi connectivity index (χ2v) is 4.24. The molecule has 86 valence electrons. The fraction of sp³-hybridized carbons (Fsp3) is 0.182. The molecule has 0 spiro atoms. The zero-order chi connectivity index (χ0) is 12.0. The molecular weight excluding hydrogens is 295 g/mol. The van der Waals surface area contributed by atoms with E-state index in [0.717, 1.165) is 10.0 Å². The van der Waals surface area contributed by atoms with Gasteiger partial charge in [-0.15, -0.1) is 0 Å². The van der Waals surface area contributed by atoms with Crippen molar-refractivity contribution in [1.82, 2.24) is 0 Å². The molecule has 3 nitrogen and oxygen atoms in total. The minimum atomic E-state index is -0.478. The van der Waals surface area contributed by atoms with Crippen LogP contribution in [-0.4, -0.2) is 5.97 Å². The average molecular weight is 306 g/mol. The minimum Gasteiger partial charge on any atom is -0.492 e. The zero-order valence-corrected chi connectivity index (χ0v) is 10.9. The van der Waals surface area contributed by atoms with E-state index >= 15 is 0 Å². The third kappa shape index (κ3) is 5.19. The molecule has 0 saturated heterocycles. The van der Waals surface area contributed by atoms with Gasteiger partial charge < -0.3 is 9.47 Å². The van der Waals surface area contributed by atoms with Gasteiger partial charge in [0.05, 0.1) is 0 Å². The lowest BCUT2D eigenvalue weighted by Crippen LogP contribution is -1.95. The highest BCUT2D eigenvalue weighted by Crippen LogP contribution is 2.12. The van der Waals surface area contributed by atoms with E-state index in [0.29, 0.717) is 6.61 Å². The van der Waals surface area contributed by atoms with Crippen molar-refractivity contribution in [3.8, 4) is 0 Å². The van der Waals surface area contributed by atoms with E-state index in [9.17, 15) is 4.79 Å². The summed E-state index contributed by atoms with van der Waals surface area (Å²) in [4.78, 5) is 10.5. The number of halogens is 2. The first-order chi connectivity index (χ1) is 7.58. The summed E-state index contributed by atoms with van der Waals surface area (Å²) in [5.74, 6) is -0.478. The van der Waals surface area contributed by atoms with Crippen LogP contribution in [0.5, 0.6) is 0 Å². The minimum absolute atomic E-state index is 0.0791. The summed E-state index contributed by atoms with van der Waals surface area (Å²) in [6.45, 7) is 1.63. The standard InChI is InChI=1S/C11H10BrClO3/c1-8(14)16-11(13)7-15-6-9-2-4-10(12)5-3-9/h2-5,7H,6H2,1H3/b11-7-.